The van der Waals surface area contributed by atoms with Crippen LogP contribution in [0, 0.1) is 5.82 Å². The van der Waals surface area contributed by atoms with Gasteiger partial charge in [-0.25, -0.2) is 9.18 Å². The van der Waals surface area contributed by atoms with E-state index in [-0.39, 0.29) is 11.8 Å². The number of nitrogens with one attached hydrogen (secondary N) is 1. The van der Waals surface area contributed by atoms with Crippen LogP contribution in [0.15, 0.2) is 41.8 Å². The van der Waals surface area contributed by atoms with Crippen LogP contribution in [-0.2, 0) is 21.6 Å². The highest BCUT2D eigenvalue weighted by Gasteiger charge is 2.36. The van der Waals surface area contributed by atoms with Crippen molar-refractivity contribution in [2.24, 2.45) is 0 Å². The molecule has 3 nitrogen and oxygen atoms in total. The van der Waals surface area contributed by atoms with E-state index in [1.54, 1.807) is 37.3 Å². The number of thiophene rings is 1. The predicted octanol–water partition coefficient (Wildman–Crippen LogP) is 3.46. The molecule has 21 heavy (non-hydrogen) atoms. The zero-order valence-corrected chi connectivity index (χ0v) is 12.9. The molecule has 1 aromatic heterocycles. The molecule has 5 heteroatoms. The van der Waals surface area contributed by atoms with Crippen LogP contribution in [0.25, 0.3) is 0 Å². The summed E-state index contributed by atoms with van der Waals surface area (Å²) in [5.41, 5.74) is -0.327. The van der Waals surface area contributed by atoms with E-state index in [0.717, 1.165) is 4.88 Å². The second-order valence-electron chi connectivity index (χ2n) is 4.79. The highest BCUT2D eigenvalue weighted by Crippen LogP contribution is 2.24. The van der Waals surface area contributed by atoms with E-state index in [9.17, 15) is 9.18 Å². The number of esters is 1. The molecule has 1 N–H and O–H groups in total. The molecule has 2 rings (SSSR count). The molecule has 0 amide bonds. The molecule has 0 aliphatic heterocycles. The van der Waals surface area contributed by atoms with Crippen LogP contribution in [0.2, 0.25) is 0 Å². The third kappa shape index (κ3) is 3.68. The number of rotatable bonds is 6. The summed E-state index contributed by atoms with van der Waals surface area (Å²) in [5.74, 6) is -0.698. The minimum absolute atomic E-state index is 0.302. The molecule has 0 saturated carbocycles. The van der Waals surface area contributed by atoms with E-state index >= 15 is 0 Å². The largest absolute Gasteiger partial charge is 0.464 e. The Morgan fingerprint density at radius 1 is 1.33 bits per heavy atom. The molecule has 1 unspecified atom stereocenters. The summed E-state index contributed by atoms with van der Waals surface area (Å²) in [7, 11) is 0. The molecule has 0 aliphatic rings. The lowest BCUT2D eigenvalue weighted by atomic mass is 9.92. The minimum Gasteiger partial charge on any atom is -0.464 e. The molecule has 0 bridgehead atoms. The third-order valence-electron chi connectivity index (χ3n) is 3.30. The van der Waals surface area contributed by atoms with E-state index < -0.39 is 5.54 Å². The Bertz CT molecular complexity index is 583. The van der Waals surface area contributed by atoms with Gasteiger partial charge in [0.2, 0.25) is 0 Å². The number of benzene rings is 1. The van der Waals surface area contributed by atoms with Crippen LogP contribution >= 0.6 is 11.3 Å². The first-order valence-corrected chi connectivity index (χ1v) is 7.65. The van der Waals surface area contributed by atoms with Crippen LogP contribution in [0.4, 0.5) is 4.39 Å². The molecule has 1 heterocycles. The van der Waals surface area contributed by atoms with Gasteiger partial charge in [0.25, 0.3) is 0 Å². The smallest absolute Gasteiger partial charge is 0.330 e. The maximum absolute atomic E-state index is 13.1. The van der Waals surface area contributed by atoms with Crippen molar-refractivity contribution in [2.45, 2.75) is 25.9 Å². The third-order valence-corrected chi connectivity index (χ3v) is 4.18. The minimum atomic E-state index is -1.01. The van der Waals surface area contributed by atoms with Crippen LogP contribution in [0.1, 0.15) is 24.3 Å². The van der Waals surface area contributed by atoms with Crippen LogP contribution in [0.3, 0.4) is 0 Å². The summed E-state index contributed by atoms with van der Waals surface area (Å²) >= 11 is 1.61. The Morgan fingerprint density at radius 3 is 2.62 bits per heavy atom. The lowest BCUT2D eigenvalue weighted by Crippen LogP contribution is -2.47. The fraction of sp³-hybridized carbons (Fsp3) is 0.312. The summed E-state index contributed by atoms with van der Waals surface area (Å²) in [6.45, 7) is 4.37. The average Bonchev–Trinajstić information content (AvgIpc) is 2.99. The van der Waals surface area contributed by atoms with Crippen molar-refractivity contribution in [3.05, 3.63) is 58.0 Å². The van der Waals surface area contributed by atoms with Crippen LogP contribution in [-0.4, -0.2) is 12.6 Å². The van der Waals surface area contributed by atoms with Crippen molar-refractivity contribution in [1.29, 1.82) is 0 Å². The van der Waals surface area contributed by atoms with E-state index in [1.165, 1.54) is 12.1 Å². The second-order valence-corrected chi connectivity index (χ2v) is 5.82. The quantitative estimate of drug-likeness (QED) is 0.831. The summed E-state index contributed by atoms with van der Waals surface area (Å²) in [4.78, 5) is 13.5. The number of carbonyl (C=O) groups is 1. The van der Waals surface area contributed by atoms with Crippen molar-refractivity contribution in [2.75, 3.05) is 6.61 Å². The fourth-order valence-electron chi connectivity index (χ4n) is 2.03. The van der Waals surface area contributed by atoms with Gasteiger partial charge in [-0.05, 0) is 43.0 Å². The van der Waals surface area contributed by atoms with Gasteiger partial charge in [-0.2, -0.15) is 0 Å². The molecule has 1 atom stereocenters. The van der Waals surface area contributed by atoms with Gasteiger partial charge in [0.1, 0.15) is 11.4 Å². The first-order valence-electron chi connectivity index (χ1n) is 6.77. The number of carbonyl (C=O) groups excluding carboxylic acids is 1. The van der Waals surface area contributed by atoms with Crippen molar-refractivity contribution >= 4 is 17.3 Å². The molecule has 2 aromatic rings. The van der Waals surface area contributed by atoms with Gasteiger partial charge in [-0.1, -0.05) is 18.2 Å². The molecular formula is C16H18FNO2S. The highest BCUT2D eigenvalue weighted by molar-refractivity contribution is 7.09. The topological polar surface area (TPSA) is 38.3 Å². The summed E-state index contributed by atoms with van der Waals surface area (Å²) in [6.07, 6.45) is 0. The Hall–Kier alpha value is -1.72. The van der Waals surface area contributed by atoms with Gasteiger partial charge < -0.3 is 4.74 Å². The molecule has 0 aliphatic carbocycles. The maximum atomic E-state index is 13.1. The van der Waals surface area contributed by atoms with Crippen molar-refractivity contribution in [3.63, 3.8) is 0 Å². The molecular weight excluding hydrogens is 289 g/mol. The van der Waals surface area contributed by atoms with Crippen molar-refractivity contribution in [1.82, 2.24) is 5.32 Å². The second kappa shape index (κ2) is 6.83. The van der Waals surface area contributed by atoms with Gasteiger partial charge in [0, 0.05) is 11.4 Å². The Balaban J connectivity index is 2.24. The van der Waals surface area contributed by atoms with Gasteiger partial charge in [-0.15, -0.1) is 11.3 Å². The van der Waals surface area contributed by atoms with Gasteiger partial charge in [0.15, 0.2) is 0 Å². The lowest BCUT2D eigenvalue weighted by Gasteiger charge is -2.29. The van der Waals surface area contributed by atoms with E-state index in [4.69, 9.17) is 4.74 Å². The summed E-state index contributed by atoms with van der Waals surface area (Å²) in [6, 6.07) is 9.86. The molecule has 112 valence electrons. The number of halogens is 1. The maximum Gasteiger partial charge on any atom is 0.330 e. The summed E-state index contributed by atoms with van der Waals surface area (Å²) < 4.78 is 18.3. The predicted molar refractivity (Wildman–Crippen MR) is 81.5 cm³/mol. The SMILES string of the molecule is CCOC(=O)C(C)(NCc1cccs1)c1ccc(F)cc1. The van der Waals surface area contributed by atoms with Crippen LogP contribution in [0.5, 0.6) is 0 Å². The standard InChI is InChI=1S/C16H18FNO2S/c1-3-20-15(19)16(2,12-6-8-13(17)9-7-12)18-11-14-5-4-10-21-14/h4-10,18H,3,11H2,1-2H3. The van der Waals surface area contributed by atoms with E-state index in [1.807, 2.05) is 17.5 Å². The van der Waals surface area contributed by atoms with Crippen LogP contribution < -0.4 is 5.32 Å². The Morgan fingerprint density at radius 2 is 2.05 bits per heavy atom. The number of hydrogen-bond donors (Lipinski definition) is 1. The number of ether oxygens (including phenoxy) is 1. The normalized spacial score (nSPS) is 13.7. The first kappa shape index (κ1) is 15.7. The average molecular weight is 307 g/mol. The van der Waals surface area contributed by atoms with E-state index in [2.05, 4.69) is 5.32 Å². The Labute approximate surface area is 127 Å². The monoisotopic (exact) mass is 307 g/mol. The molecule has 0 fully saturated rings. The Kier molecular flexibility index (Phi) is 5.09. The van der Waals surface area contributed by atoms with Gasteiger partial charge in [-0.3, -0.25) is 5.32 Å². The van der Waals surface area contributed by atoms with Crippen molar-refractivity contribution < 1.29 is 13.9 Å². The molecule has 1 aromatic carbocycles. The fourth-order valence-corrected chi connectivity index (χ4v) is 2.67. The van der Waals surface area contributed by atoms with Crippen molar-refractivity contribution in [3.8, 4) is 0 Å². The van der Waals surface area contributed by atoms with Gasteiger partial charge >= 0.3 is 5.97 Å². The molecule has 0 radical (unpaired) electrons. The van der Waals surface area contributed by atoms with E-state index in [0.29, 0.717) is 18.7 Å². The zero-order valence-electron chi connectivity index (χ0n) is 12.1. The molecule has 0 spiro atoms. The molecule has 0 saturated heterocycles. The lowest BCUT2D eigenvalue weighted by molar-refractivity contribution is -0.151. The van der Waals surface area contributed by atoms with Gasteiger partial charge in [0.05, 0.1) is 6.61 Å². The first-order chi connectivity index (χ1) is 10.1. The summed E-state index contributed by atoms with van der Waals surface area (Å²) in [5, 5.41) is 5.22. The number of hydrogen-bond acceptors (Lipinski definition) is 4. The zero-order chi connectivity index (χ0) is 15.3. The highest BCUT2D eigenvalue weighted by atomic mass is 32.1.